The number of anilines is 1. The number of nitrogens with zero attached hydrogens (tertiary/aromatic N) is 1. The van der Waals surface area contributed by atoms with Crippen molar-refractivity contribution < 1.29 is 14.2 Å². The lowest BCUT2D eigenvalue weighted by atomic mass is 10.1. The van der Waals surface area contributed by atoms with Crippen LogP contribution in [0.5, 0.6) is 5.75 Å². The predicted octanol–water partition coefficient (Wildman–Crippen LogP) is 1.76. The molecule has 0 aliphatic carbocycles. The molecule has 0 aliphatic rings. The van der Waals surface area contributed by atoms with Gasteiger partial charge in [-0.2, -0.15) is 0 Å². The number of methoxy groups -OCH3 is 2. The molecule has 0 bridgehead atoms. The number of hydrogen-bond acceptors (Lipinski definition) is 5. The summed E-state index contributed by atoms with van der Waals surface area (Å²) in [5, 5.41) is 0. The van der Waals surface area contributed by atoms with Gasteiger partial charge in [0.1, 0.15) is 5.75 Å². The highest BCUT2D eigenvalue weighted by Gasteiger charge is 2.10. The van der Waals surface area contributed by atoms with E-state index < -0.39 is 0 Å². The van der Waals surface area contributed by atoms with Crippen molar-refractivity contribution in [1.82, 2.24) is 4.90 Å². The van der Waals surface area contributed by atoms with Gasteiger partial charge in [0.25, 0.3) is 0 Å². The molecule has 0 spiro atoms. The average Bonchev–Trinajstić information content (AvgIpc) is 2.44. The maximum Gasteiger partial charge on any atom is 0.123 e. The van der Waals surface area contributed by atoms with E-state index in [1.807, 2.05) is 25.1 Å². The standard InChI is InChI=1S/C15H26N2O3/c1-4-20-15-6-5-14(16)11-13(15)12-17(7-9-18-2)8-10-19-3/h5-6,11H,4,7-10,12,16H2,1-3H3. The van der Waals surface area contributed by atoms with Crippen LogP contribution >= 0.6 is 0 Å². The molecule has 0 aromatic heterocycles. The maximum atomic E-state index is 5.88. The summed E-state index contributed by atoms with van der Waals surface area (Å²) in [7, 11) is 3.42. The lowest BCUT2D eigenvalue weighted by Gasteiger charge is -2.23. The Morgan fingerprint density at radius 3 is 2.30 bits per heavy atom. The van der Waals surface area contributed by atoms with Crippen LogP contribution in [0.1, 0.15) is 12.5 Å². The van der Waals surface area contributed by atoms with E-state index in [0.29, 0.717) is 19.8 Å². The highest BCUT2D eigenvalue weighted by Crippen LogP contribution is 2.23. The zero-order valence-electron chi connectivity index (χ0n) is 12.7. The van der Waals surface area contributed by atoms with Crippen LogP contribution in [0.3, 0.4) is 0 Å². The van der Waals surface area contributed by atoms with Crippen molar-refractivity contribution in [3.05, 3.63) is 23.8 Å². The Hall–Kier alpha value is -1.30. The Bertz CT molecular complexity index is 377. The molecule has 0 aliphatic heterocycles. The molecule has 0 saturated carbocycles. The van der Waals surface area contributed by atoms with Gasteiger partial charge in [0.15, 0.2) is 0 Å². The van der Waals surface area contributed by atoms with Crippen molar-refractivity contribution in [1.29, 1.82) is 0 Å². The van der Waals surface area contributed by atoms with Crippen LogP contribution in [0, 0.1) is 0 Å². The van der Waals surface area contributed by atoms with Gasteiger partial charge in [0.2, 0.25) is 0 Å². The molecule has 5 nitrogen and oxygen atoms in total. The summed E-state index contributed by atoms with van der Waals surface area (Å²) < 4.78 is 16.0. The first-order valence-corrected chi connectivity index (χ1v) is 6.92. The molecule has 0 amide bonds. The Kier molecular flexibility index (Phi) is 8.02. The number of hydrogen-bond donors (Lipinski definition) is 1. The SMILES string of the molecule is CCOc1ccc(N)cc1CN(CCOC)CCOC. The third-order valence-electron chi connectivity index (χ3n) is 3.00. The first-order valence-electron chi connectivity index (χ1n) is 6.92. The molecule has 1 aromatic carbocycles. The number of nitrogens with two attached hydrogens (primary N) is 1. The minimum absolute atomic E-state index is 0.646. The first kappa shape index (κ1) is 16.8. The molecule has 2 N–H and O–H groups in total. The molecule has 20 heavy (non-hydrogen) atoms. The molecule has 1 aromatic rings. The molecule has 0 fully saturated rings. The molecule has 0 unspecified atom stereocenters. The fourth-order valence-corrected chi connectivity index (χ4v) is 1.97. The monoisotopic (exact) mass is 282 g/mol. The van der Waals surface area contributed by atoms with Crippen molar-refractivity contribution >= 4 is 5.69 Å². The lowest BCUT2D eigenvalue weighted by Crippen LogP contribution is -2.30. The van der Waals surface area contributed by atoms with Crippen molar-refractivity contribution in [3.63, 3.8) is 0 Å². The second kappa shape index (κ2) is 9.58. The average molecular weight is 282 g/mol. The third-order valence-corrected chi connectivity index (χ3v) is 3.00. The van der Waals surface area contributed by atoms with Gasteiger partial charge in [-0.1, -0.05) is 0 Å². The Labute approximate surface area is 121 Å². The Morgan fingerprint density at radius 2 is 1.75 bits per heavy atom. The van der Waals surface area contributed by atoms with E-state index in [1.54, 1.807) is 14.2 Å². The number of ether oxygens (including phenoxy) is 3. The van der Waals surface area contributed by atoms with Crippen molar-refractivity contribution in [2.75, 3.05) is 52.9 Å². The van der Waals surface area contributed by atoms with E-state index in [4.69, 9.17) is 19.9 Å². The summed E-state index contributed by atoms with van der Waals surface area (Å²) in [5.74, 6) is 0.890. The van der Waals surface area contributed by atoms with Gasteiger partial charge in [0, 0.05) is 45.1 Å². The van der Waals surface area contributed by atoms with Gasteiger partial charge in [-0.25, -0.2) is 0 Å². The highest BCUT2D eigenvalue weighted by molar-refractivity contribution is 5.47. The van der Waals surface area contributed by atoms with Crippen molar-refractivity contribution in [2.45, 2.75) is 13.5 Å². The fourth-order valence-electron chi connectivity index (χ4n) is 1.97. The topological polar surface area (TPSA) is 57.0 Å². The van der Waals surface area contributed by atoms with Crippen LogP contribution < -0.4 is 10.5 Å². The fraction of sp³-hybridized carbons (Fsp3) is 0.600. The quantitative estimate of drug-likeness (QED) is 0.663. The largest absolute Gasteiger partial charge is 0.494 e. The summed E-state index contributed by atoms with van der Waals surface area (Å²) >= 11 is 0. The summed E-state index contributed by atoms with van der Waals surface area (Å²) in [5.41, 5.74) is 7.72. The van der Waals surface area contributed by atoms with Crippen LogP contribution in [-0.2, 0) is 16.0 Å². The molecule has 0 heterocycles. The normalized spacial score (nSPS) is 11.0. The van der Waals surface area contributed by atoms with E-state index in [9.17, 15) is 0 Å². The summed E-state index contributed by atoms with van der Waals surface area (Å²) in [6.45, 7) is 6.47. The second-order valence-corrected chi connectivity index (χ2v) is 4.56. The molecule has 0 atom stereocenters. The van der Waals surface area contributed by atoms with Gasteiger partial charge in [-0.3, -0.25) is 4.90 Å². The second-order valence-electron chi connectivity index (χ2n) is 4.56. The van der Waals surface area contributed by atoms with E-state index in [2.05, 4.69) is 4.90 Å². The molecule has 0 saturated heterocycles. The third kappa shape index (κ3) is 5.77. The number of nitrogen functional groups attached to an aromatic ring is 1. The van der Waals surface area contributed by atoms with Gasteiger partial charge in [0.05, 0.1) is 19.8 Å². The van der Waals surface area contributed by atoms with Crippen molar-refractivity contribution in [3.8, 4) is 5.75 Å². The van der Waals surface area contributed by atoms with Crippen LogP contribution in [0.15, 0.2) is 18.2 Å². The zero-order valence-corrected chi connectivity index (χ0v) is 12.7. The zero-order chi connectivity index (χ0) is 14.8. The van der Waals surface area contributed by atoms with E-state index in [1.165, 1.54) is 0 Å². The van der Waals surface area contributed by atoms with Crippen LogP contribution in [0.25, 0.3) is 0 Å². The first-order chi connectivity index (χ1) is 9.71. The smallest absolute Gasteiger partial charge is 0.123 e. The minimum Gasteiger partial charge on any atom is -0.494 e. The van der Waals surface area contributed by atoms with Crippen LogP contribution in [0.2, 0.25) is 0 Å². The molecule has 114 valence electrons. The van der Waals surface area contributed by atoms with E-state index in [0.717, 1.165) is 36.6 Å². The summed E-state index contributed by atoms with van der Waals surface area (Å²) in [4.78, 5) is 2.27. The highest BCUT2D eigenvalue weighted by atomic mass is 16.5. The maximum absolute atomic E-state index is 5.88. The molecule has 5 heteroatoms. The summed E-state index contributed by atoms with van der Waals surface area (Å²) in [6.07, 6.45) is 0. The molecule has 1 rings (SSSR count). The summed E-state index contributed by atoms with van der Waals surface area (Å²) in [6, 6.07) is 5.76. The Balaban J connectivity index is 2.76. The number of benzene rings is 1. The van der Waals surface area contributed by atoms with Crippen LogP contribution in [0.4, 0.5) is 5.69 Å². The van der Waals surface area contributed by atoms with Crippen LogP contribution in [-0.4, -0.2) is 52.0 Å². The predicted molar refractivity (Wildman–Crippen MR) is 81.1 cm³/mol. The van der Waals surface area contributed by atoms with E-state index >= 15 is 0 Å². The molecular weight excluding hydrogens is 256 g/mol. The lowest BCUT2D eigenvalue weighted by molar-refractivity contribution is 0.109. The Morgan fingerprint density at radius 1 is 1.10 bits per heavy atom. The van der Waals surface area contributed by atoms with E-state index in [-0.39, 0.29) is 0 Å². The van der Waals surface area contributed by atoms with Gasteiger partial charge < -0.3 is 19.9 Å². The minimum atomic E-state index is 0.646. The van der Waals surface area contributed by atoms with Gasteiger partial charge in [-0.05, 0) is 25.1 Å². The van der Waals surface area contributed by atoms with Crippen molar-refractivity contribution in [2.24, 2.45) is 0 Å². The number of rotatable bonds is 10. The molecular formula is C15H26N2O3. The van der Waals surface area contributed by atoms with Gasteiger partial charge in [-0.15, -0.1) is 0 Å². The van der Waals surface area contributed by atoms with Gasteiger partial charge >= 0.3 is 0 Å². The molecule has 0 radical (unpaired) electrons.